The van der Waals surface area contributed by atoms with Crippen LogP contribution in [-0.4, -0.2) is 24.2 Å². The first-order valence-corrected chi connectivity index (χ1v) is 6.20. The molecular formula is C16H17NO2. The molecule has 0 aromatic heterocycles. The van der Waals surface area contributed by atoms with Crippen molar-refractivity contribution in [2.45, 2.75) is 13.0 Å². The van der Waals surface area contributed by atoms with Crippen LogP contribution in [0, 0.1) is 0 Å². The van der Waals surface area contributed by atoms with Gasteiger partial charge in [-0.1, -0.05) is 42.5 Å². The summed E-state index contributed by atoms with van der Waals surface area (Å²) in [5, 5.41) is 9.06. The smallest absolute Gasteiger partial charge is 0.326 e. The molecule has 1 atom stereocenters. The van der Waals surface area contributed by atoms with Crippen molar-refractivity contribution in [1.29, 1.82) is 0 Å². The summed E-state index contributed by atoms with van der Waals surface area (Å²) >= 11 is 0. The molecule has 0 saturated carbocycles. The van der Waals surface area contributed by atoms with Crippen LogP contribution in [0.5, 0.6) is 0 Å². The van der Waals surface area contributed by atoms with Gasteiger partial charge < -0.3 is 10.0 Å². The molecule has 0 radical (unpaired) electrons. The van der Waals surface area contributed by atoms with Crippen molar-refractivity contribution in [3.8, 4) is 11.1 Å². The fourth-order valence-electron chi connectivity index (χ4n) is 1.92. The van der Waals surface area contributed by atoms with E-state index in [1.807, 2.05) is 54.6 Å². The Morgan fingerprint density at radius 2 is 1.68 bits per heavy atom. The third kappa shape index (κ3) is 2.94. The summed E-state index contributed by atoms with van der Waals surface area (Å²) in [7, 11) is 1.79. The minimum Gasteiger partial charge on any atom is -0.480 e. The van der Waals surface area contributed by atoms with Gasteiger partial charge in [0.15, 0.2) is 0 Å². The Morgan fingerprint density at radius 1 is 1.05 bits per heavy atom. The van der Waals surface area contributed by atoms with Crippen LogP contribution in [-0.2, 0) is 4.79 Å². The highest BCUT2D eigenvalue weighted by Crippen LogP contribution is 2.24. The first-order chi connectivity index (χ1) is 9.09. The lowest BCUT2D eigenvalue weighted by molar-refractivity contribution is -0.138. The molecule has 2 aromatic rings. The molecule has 98 valence electrons. The Morgan fingerprint density at radius 3 is 2.32 bits per heavy atom. The molecule has 1 unspecified atom stereocenters. The number of hydrogen-bond acceptors (Lipinski definition) is 2. The fourth-order valence-corrected chi connectivity index (χ4v) is 1.92. The van der Waals surface area contributed by atoms with Gasteiger partial charge in [0.2, 0.25) is 0 Å². The lowest BCUT2D eigenvalue weighted by Gasteiger charge is -2.24. The Kier molecular flexibility index (Phi) is 3.85. The van der Waals surface area contributed by atoms with E-state index in [9.17, 15) is 4.79 Å². The Hall–Kier alpha value is -2.29. The highest BCUT2D eigenvalue weighted by molar-refractivity contribution is 5.78. The van der Waals surface area contributed by atoms with Gasteiger partial charge in [-0.2, -0.15) is 0 Å². The van der Waals surface area contributed by atoms with Crippen LogP contribution in [0.3, 0.4) is 0 Å². The molecular weight excluding hydrogens is 238 g/mol. The van der Waals surface area contributed by atoms with Crippen LogP contribution in [0.2, 0.25) is 0 Å². The second-order valence-electron chi connectivity index (χ2n) is 4.54. The van der Waals surface area contributed by atoms with E-state index in [1.54, 1.807) is 18.9 Å². The van der Waals surface area contributed by atoms with E-state index in [-0.39, 0.29) is 0 Å². The fraction of sp³-hybridized carbons (Fsp3) is 0.188. The number of carboxylic acids is 1. The average Bonchev–Trinajstić information content (AvgIpc) is 2.46. The summed E-state index contributed by atoms with van der Waals surface area (Å²) in [6, 6.07) is 17.4. The number of hydrogen-bond donors (Lipinski definition) is 1. The zero-order chi connectivity index (χ0) is 13.8. The molecule has 19 heavy (non-hydrogen) atoms. The number of likely N-dealkylation sites (N-methyl/N-ethyl adjacent to an activating group) is 1. The molecule has 0 heterocycles. The van der Waals surface area contributed by atoms with Gasteiger partial charge in [0.1, 0.15) is 6.04 Å². The van der Waals surface area contributed by atoms with Crippen molar-refractivity contribution >= 4 is 11.7 Å². The monoisotopic (exact) mass is 255 g/mol. The molecule has 0 saturated heterocycles. The van der Waals surface area contributed by atoms with Crippen LogP contribution in [0.15, 0.2) is 54.6 Å². The first kappa shape index (κ1) is 13.1. The normalized spacial score (nSPS) is 11.9. The van der Waals surface area contributed by atoms with E-state index in [0.29, 0.717) is 0 Å². The Labute approximate surface area is 113 Å². The van der Waals surface area contributed by atoms with E-state index in [4.69, 9.17) is 5.11 Å². The van der Waals surface area contributed by atoms with Gasteiger partial charge in [-0.3, -0.25) is 0 Å². The molecule has 0 aliphatic rings. The molecule has 2 rings (SSSR count). The highest BCUT2D eigenvalue weighted by atomic mass is 16.4. The van der Waals surface area contributed by atoms with E-state index in [1.165, 1.54) is 0 Å². The molecule has 0 aliphatic carbocycles. The zero-order valence-electron chi connectivity index (χ0n) is 11.1. The molecule has 0 aliphatic heterocycles. The largest absolute Gasteiger partial charge is 0.480 e. The van der Waals surface area contributed by atoms with E-state index < -0.39 is 12.0 Å². The van der Waals surface area contributed by atoms with Crippen LogP contribution >= 0.6 is 0 Å². The van der Waals surface area contributed by atoms with Crippen LogP contribution in [0.4, 0.5) is 5.69 Å². The Balaban J connectivity index is 2.32. The number of carboxylic acid groups (broad SMARTS) is 1. The maximum absolute atomic E-state index is 11.0. The van der Waals surface area contributed by atoms with Gasteiger partial charge in [0.05, 0.1) is 0 Å². The summed E-state index contributed by atoms with van der Waals surface area (Å²) in [5.41, 5.74) is 3.11. The summed E-state index contributed by atoms with van der Waals surface area (Å²) in [6.07, 6.45) is 0. The minimum atomic E-state index is -0.826. The molecule has 0 amide bonds. The second-order valence-corrected chi connectivity index (χ2v) is 4.54. The number of carbonyl (C=O) groups is 1. The van der Waals surface area contributed by atoms with E-state index in [0.717, 1.165) is 16.8 Å². The van der Waals surface area contributed by atoms with Crippen molar-refractivity contribution in [1.82, 2.24) is 0 Å². The minimum absolute atomic E-state index is 0.550. The topological polar surface area (TPSA) is 40.5 Å². The van der Waals surface area contributed by atoms with Gasteiger partial charge in [-0.15, -0.1) is 0 Å². The van der Waals surface area contributed by atoms with Crippen molar-refractivity contribution in [3.63, 3.8) is 0 Å². The SMILES string of the molecule is CC(C(=O)O)N(C)c1cccc(-c2ccccc2)c1. The molecule has 0 bridgehead atoms. The molecule has 1 N–H and O–H groups in total. The number of benzene rings is 2. The van der Waals surface area contributed by atoms with Crippen molar-refractivity contribution in [3.05, 3.63) is 54.6 Å². The maximum atomic E-state index is 11.0. The number of aliphatic carboxylic acids is 1. The lowest BCUT2D eigenvalue weighted by atomic mass is 10.0. The van der Waals surface area contributed by atoms with Crippen LogP contribution < -0.4 is 4.90 Å². The van der Waals surface area contributed by atoms with E-state index in [2.05, 4.69) is 0 Å². The summed E-state index contributed by atoms with van der Waals surface area (Å²) in [4.78, 5) is 12.8. The predicted octanol–water partition coefficient (Wildman–Crippen LogP) is 3.26. The standard InChI is InChI=1S/C16H17NO2/c1-12(16(18)19)17(2)15-10-6-9-14(11-15)13-7-4-3-5-8-13/h3-12H,1-2H3,(H,18,19). The van der Waals surface area contributed by atoms with Crippen LogP contribution in [0.1, 0.15) is 6.92 Å². The van der Waals surface area contributed by atoms with Crippen molar-refractivity contribution in [2.75, 3.05) is 11.9 Å². The van der Waals surface area contributed by atoms with Gasteiger partial charge >= 0.3 is 5.97 Å². The third-order valence-electron chi connectivity index (χ3n) is 3.30. The predicted molar refractivity (Wildman–Crippen MR) is 77.4 cm³/mol. The summed E-state index contributed by atoms with van der Waals surface area (Å²) in [5.74, 6) is -0.826. The Bertz CT molecular complexity index is 566. The van der Waals surface area contributed by atoms with E-state index >= 15 is 0 Å². The van der Waals surface area contributed by atoms with Gasteiger partial charge in [-0.05, 0) is 30.2 Å². The van der Waals surface area contributed by atoms with Crippen molar-refractivity contribution < 1.29 is 9.90 Å². The molecule has 0 spiro atoms. The highest BCUT2D eigenvalue weighted by Gasteiger charge is 2.17. The van der Waals surface area contributed by atoms with Crippen LogP contribution in [0.25, 0.3) is 11.1 Å². The molecule has 3 heteroatoms. The quantitative estimate of drug-likeness (QED) is 0.911. The molecule has 0 fully saturated rings. The molecule has 2 aromatic carbocycles. The third-order valence-corrected chi connectivity index (χ3v) is 3.30. The number of nitrogens with zero attached hydrogens (tertiary/aromatic N) is 1. The second kappa shape index (κ2) is 5.57. The summed E-state index contributed by atoms with van der Waals surface area (Å²) in [6.45, 7) is 1.68. The first-order valence-electron chi connectivity index (χ1n) is 6.20. The summed E-state index contributed by atoms with van der Waals surface area (Å²) < 4.78 is 0. The zero-order valence-corrected chi connectivity index (χ0v) is 11.1. The van der Waals surface area contributed by atoms with Crippen molar-refractivity contribution in [2.24, 2.45) is 0 Å². The van der Waals surface area contributed by atoms with Gasteiger partial charge in [0, 0.05) is 12.7 Å². The number of anilines is 1. The average molecular weight is 255 g/mol. The molecule has 3 nitrogen and oxygen atoms in total. The maximum Gasteiger partial charge on any atom is 0.326 e. The lowest BCUT2D eigenvalue weighted by Crippen LogP contribution is -2.35. The van der Waals surface area contributed by atoms with Gasteiger partial charge in [-0.25, -0.2) is 4.79 Å². The number of rotatable bonds is 4. The van der Waals surface area contributed by atoms with Gasteiger partial charge in [0.25, 0.3) is 0 Å².